The molecule has 0 bridgehead atoms. The molecule has 0 atom stereocenters. The second-order valence-corrected chi connectivity index (χ2v) is 3.60. The van der Waals surface area contributed by atoms with E-state index in [2.05, 4.69) is 29.0 Å². The second kappa shape index (κ2) is 3.19. The van der Waals surface area contributed by atoms with Crippen molar-refractivity contribution < 1.29 is 0 Å². The molecular weight excluding hydrogens is 168 g/mol. The Hall–Kier alpha value is -0.960. The van der Waals surface area contributed by atoms with Crippen molar-refractivity contribution >= 4 is 22.8 Å². The molecule has 12 heavy (non-hydrogen) atoms. The Morgan fingerprint density at radius 3 is 3.25 bits per heavy atom. The fraction of sp³-hybridized carbons (Fsp3) is 0.111. The van der Waals surface area contributed by atoms with Crippen molar-refractivity contribution in [2.24, 2.45) is 0 Å². The SMILES string of the molecule is [CH2]CSc1ccc2[nH]cnc2c1. The van der Waals surface area contributed by atoms with E-state index in [-0.39, 0.29) is 0 Å². The largest absolute Gasteiger partial charge is 0.345 e. The van der Waals surface area contributed by atoms with Gasteiger partial charge in [-0.05, 0) is 30.9 Å². The van der Waals surface area contributed by atoms with E-state index in [4.69, 9.17) is 0 Å². The molecule has 1 N–H and O–H groups in total. The molecule has 0 amide bonds. The molecule has 1 radical (unpaired) electrons. The number of fused-ring (bicyclic) bond motifs is 1. The smallest absolute Gasteiger partial charge is 0.0931 e. The molecule has 0 aliphatic rings. The minimum atomic E-state index is 0.857. The molecule has 2 aromatic rings. The summed E-state index contributed by atoms with van der Waals surface area (Å²) in [5.41, 5.74) is 2.11. The zero-order valence-corrected chi connectivity index (χ0v) is 7.40. The predicted molar refractivity (Wildman–Crippen MR) is 52.2 cm³/mol. The summed E-state index contributed by atoms with van der Waals surface area (Å²) in [4.78, 5) is 8.45. The van der Waals surface area contributed by atoms with Crippen LogP contribution in [-0.4, -0.2) is 15.7 Å². The number of benzene rings is 1. The summed E-state index contributed by atoms with van der Waals surface area (Å²) < 4.78 is 0. The number of nitrogens with one attached hydrogen (secondary N) is 1. The van der Waals surface area contributed by atoms with Gasteiger partial charge in [-0.2, -0.15) is 0 Å². The first-order valence-corrected chi connectivity index (χ1v) is 4.74. The van der Waals surface area contributed by atoms with Crippen LogP contribution in [0.1, 0.15) is 0 Å². The average Bonchev–Trinajstić information content (AvgIpc) is 2.51. The third-order valence-electron chi connectivity index (χ3n) is 1.66. The van der Waals surface area contributed by atoms with Gasteiger partial charge in [0, 0.05) is 4.90 Å². The molecule has 3 heteroatoms. The second-order valence-electron chi connectivity index (χ2n) is 2.43. The van der Waals surface area contributed by atoms with E-state index in [9.17, 15) is 0 Å². The number of thioether (sulfide) groups is 1. The zero-order chi connectivity index (χ0) is 8.39. The Kier molecular flexibility index (Phi) is 2.04. The van der Waals surface area contributed by atoms with E-state index in [1.807, 2.05) is 6.07 Å². The Balaban J connectivity index is 2.46. The number of hydrogen-bond acceptors (Lipinski definition) is 2. The van der Waals surface area contributed by atoms with Crippen LogP contribution >= 0.6 is 11.8 Å². The maximum absolute atomic E-state index is 4.17. The van der Waals surface area contributed by atoms with Crippen molar-refractivity contribution in [3.8, 4) is 0 Å². The number of rotatable bonds is 2. The summed E-state index contributed by atoms with van der Waals surface area (Å²) in [7, 11) is 0. The zero-order valence-electron chi connectivity index (χ0n) is 6.58. The van der Waals surface area contributed by atoms with Gasteiger partial charge in [0.2, 0.25) is 0 Å². The standard InChI is InChI=1S/C9H9N2S/c1-2-12-7-3-4-8-9(5-7)11-6-10-8/h3-6H,1-2H2,(H,10,11). The average molecular weight is 177 g/mol. The van der Waals surface area contributed by atoms with Gasteiger partial charge in [-0.1, -0.05) is 0 Å². The van der Waals surface area contributed by atoms with Crippen LogP contribution in [0.15, 0.2) is 29.4 Å². The third kappa shape index (κ3) is 1.32. The van der Waals surface area contributed by atoms with Crippen molar-refractivity contribution in [2.45, 2.75) is 4.90 Å². The molecular formula is C9H9N2S. The summed E-state index contributed by atoms with van der Waals surface area (Å²) in [5, 5.41) is 0. The van der Waals surface area contributed by atoms with Gasteiger partial charge in [0.1, 0.15) is 0 Å². The van der Waals surface area contributed by atoms with Crippen LogP contribution in [0.5, 0.6) is 0 Å². The molecule has 0 fully saturated rings. The van der Waals surface area contributed by atoms with E-state index < -0.39 is 0 Å². The lowest BCUT2D eigenvalue weighted by atomic mass is 10.3. The lowest BCUT2D eigenvalue weighted by Gasteiger charge is -1.96. The number of aromatic nitrogens is 2. The monoisotopic (exact) mass is 177 g/mol. The minimum Gasteiger partial charge on any atom is -0.345 e. The molecule has 2 nitrogen and oxygen atoms in total. The molecule has 1 heterocycles. The highest BCUT2D eigenvalue weighted by molar-refractivity contribution is 7.99. The summed E-state index contributed by atoms with van der Waals surface area (Å²) in [6, 6.07) is 6.19. The molecule has 61 valence electrons. The first kappa shape index (κ1) is 7.68. The molecule has 0 saturated carbocycles. The van der Waals surface area contributed by atoms with Crippen molar-refractivity contribution in [1.29, 1.82) is 0 Å². The Morgan fingerprint density at radius 1 is 1.50 bits per heavy atom. The summed E-state index contributed by atoms with van der Waals surface area (Å²) in [6.07, 6.45) is 1.71. The fourth-order valence-corrected chi connectivity index (χ4v) is 1.71. The minimum absolute atomic E-state index is 0.857. The van der Waals surface area contributed by atoms with Crippen LogP contribution < -0.4 is 0 Å². The van der Waals surface area contributed by atoms with E-state index in [1.165, 1.54) is 4.90 Å². The summed E-state index contributed by atoms with van der Waals surface area (Å²) in [6.45, 7) is 3.78. The highest BCUT2D eigenvalue weighted by Gasteiger charge is 1.96. The number of nitrogens with zero attached hydrogens (tertiary/aromatic N) is 1. The van der Waals surface area contributed by atoms with Gasteiger partial charge in [0.05, 0.1) is 17.4 Å². The van der Waals surface area contributed by atoms with E-state index in [0.29, 0.717) is 0 Å². The van der Waals surface area contributed by atoms with Crippen molar-refractivity contribution in [3.63, 3.8) is 0 Å². The molecule has 2 rings (SSSR count). The quantitative estimate of drug-likeness (QED) is 0.714. The van der Waals surface area contributed by atoms with Crippen LogP contribution in [0, 0.1) is 6.92 Å². The number of aromatic amines is 1. The first-order chi connectivity index (χ1) is 5.90. The number of H-pyrrole nitrogens is 1. The topological polar surface area (TPSA) is 28.7 Å². The van der Waals surface area contributed by atoms with Gasteiger partial charge < -0.3 is 4.98 Å². The normalized spacial score (nSPS) is 10.8. The summed E-state index contributed by atoms with van der Waals surface area (Å²) in [5.74, 6) is 0.857. The molecule has 1 aromatic carbocycles. The van der Waals surface area contributed by atoms with E-state index >= 15 is 0 Å². The lowest BCUT2D eigenvalue weighted by molar-refractivity contribution is 1.34. The number of imidazole rings is 1. The molecule has 0 aliphatic heterocycles. The van der Waals surface area contributed by atoms with E-state index in [1.54, 1.807) is 18.1 Å². The Labute approximate surface area is 75.4 Å². The molecule has 0 saturated heterocycles. The maximum atomic E-state index is 4.17. The molecule has 0 spiro atoms. The van der Waals surface area contributed by atoms with Gasteiger partial charge in [-0.25, -0.2) is 4.98 Å². The summed E-state index contributed by atoms with van der Waals surface area (Å²) >= 11 is 1.73. The van der Waals surface area contributed by atoms with Gasteiger partial charge in [0.15, 0.2) is 0 Å². The lowest BCUT2D eigenvalue weighted by Crippen LogP contribution is -1.74. The van der Waals surface area contributed by atoms with Gasteiger partial charge in [0.25, 0.3) is 0 Å². The Morgan fingerprint density at radius 2 is 2.42 bits per heavy atom. The van der Waals surface area contributed by atoms with Gasteiger partial charge >= 0.3 is 0 Å². The predicted octanol–water partition coefficient (Wildman–Crippen LogP) is 2.49. The van der Waals surface area contributed by atoms with Crippen molar-refractivity contribution in [3.05, 3.63) is 31.5 Å². The number of hydrogen-bond donors (Lipinski definition) is 1. The molecule has 0 unspecified atom stereocenters. The molecule has 0 aliphatic carbocycles. The molecule has 1 aromatic heterocycles. The van der Waals surface area contributed by atoms with Crippen LogP contribution in [-0.2, 0) is 0 Å². The van der Waals surface area contributed by atoms with Crippen LogP contribution in [0.25, 0.3) is 11.0 Å². The third-order valence-corrected chi connectivity index (χ3v) is 2.45. The van der Waals surface area contributed by atoms with Gasteiger partial charge in [-0.15, -0.1) is 11.8 Å². The van der Waals surface area contributed by atoms with Crippen molar-refractivity contribution in [2.75, 3.05) is 5.75 Å². The van der Waals surface area contributed by atoms with Gasteiger partial charge in [-0.3, -0.25) is 0 Å². The highest BCUT2D eigenvalue weighted by Crippen LogP contribution is 2.20. The Bertz CT molecular complexity index is 381. The van der Waals surface area contributed by atoms with Crippen LogP contribution in [0.4, 0.5) is 0 Å². The van der Waals surface area contributed by atoms with E-state index in [0.717, 1.165) is 16.8 Å². The maximum Gasteiger partial charge on any atom is 0.0931 e. The van der Waals surface area contributed by atoms with Crippen molar-refractivity contribution in [1.82, 2.24) is 9.97 Å². The first-order valence-electron chi connectivity index (χ1n) is 3.75. The van der Waals surface area contributed by atoms with Crippen LogP contribution in [0.2, 0.25) is 0 Å². The highest BCUT2D eigenvalue weighted by atomic mass is 32.2. The van der Waals surface area contributed by atoms with Crippen LogP contribution in [0.3, 0.4) is 0 Å². The fourth-order valence-electron chi connectivity index (χ4n) is 1.12.